The molecule has 1 unspecified atom stereocenters. The molecule has 1 aliphatic heterocycles. The molecule has 0 saturated carbocycles. The lowest BCUT2D eigenvalue weighted by Crippen LogP contribution is -2.20. The molecular weight excluding hydrogens is 331 g/mol. The van der Waals surface area contributed by atoms with Gasteiger partial charge in [-0.3, -0.25) is 10.1 Å². The third-order valence-corrected chi connectivity index (χ3v) is 3.70. The lowest BCUT2D eigenvalue weighted by atomic mass is 10.2. The molecule has 3 rings (SSSR count). The Kier molecular flexibility index (Phi) is 4.89. The molecule has 1 aliphatic rings. The summed E-state index contributed by atoms with van der Waals surface area (Å²) in [6.07, 6.45) is 1.79. The van der Waals surface area contributed by atoms with Crippen molar-refractivity contribution >= 4 is 29.0 Å². The SMILES string of the molecule is Nc1nc(Nc2cccc(F)c2)nc(NCC2CCCO2)c1[N+](=O)[O-]. The van der Waals surface area contributed by atoms with Crippen molar-refractivity contribution < 1.29 is 14.1 Å². The molecule has 2 aromatic rings. The van der Waals surface area contributed by atoms with Crippen molar-refractivity contribution in [2.75, 3.05) is 29.5 Å². The Bertz CT molecular complexity index is 782. The number of benzene rings is 1. The van der Waals surface area contributed by atoms with Crippen molar-refractivity contribution in [1.29, 1.82) is 0 Å². The van der Waals surface area contributed by atoms with Crippen LogP contribution in [-0.2, 0) is 4.74 Å². The molecular formula is C15H17FN6O3. The zero-order chi connectivity index (χ0) is 17.8. The van der Waals surface area contributed by atoms with Crippen LogP contribution in [0.2, 0.25) is 0 Å². The first kappa shape index (κ1) is 16.8. The van der Waals surface area contributed by atoms with Crippen molar-refractivity contribution in [3.05, 3.63) is 40.2 Å². The smallest absolute Gasteiger partial charge is 0.353 e. The van der Waals surface area contributed by atoms with Crippen LogP contribution in [0.25, 0.3) is 0 Å². The number of rotatable bonds is 6. The van der Waals surface area contributed by atoms with E-state index in [2.05, 4.69) is 20.6 Å². The number of nitrogens with one attached hydrogen (secondary N) is 2. The molecule has 0 spiro atoms. The van der Waals surface area contributed by atoms with Crippen molar-refractivity contribution in [3.8, 4) is 0 Å². The molecule has 25 heavy (non-hydrogen) atoms. The minimum Gasteiger partial charge on any atom is -0.378 e. The van der Waals surface area contributed by atoms with E-state index in [1.165, 1.54) is 18.2 Å². The van der Waals surface area contributed by atoms with Gasteiger partial charge in [-0.15, -0.1) is 0 Å². The minimum atomic E-state index is -0.640. The first-order valence-electron chi connectivity index (χ1n) is 7.73. The molecule has 0 radical (unpaired) electrons. The zero-order valence-electron chi connectivity index (χ0n) is 13.2. The van der Waals surface area contributed by atoms with E-state index in [1.54, 1.807) is 6.07 Å². The van der Waals surface area contributed by atoms with Gasteiger partial charge in [-0.1, -0.05) is 6.07 Å². The zero-order valence-corrected chi connectivity index (χ0v) is 13.2. The topological polar surface area (TPSA) is 128 Å². The summed E-state index contributed by atoms with van der Waals surface area (Å²) in [7, 11) is 0. The first-order valence-corrected chi connectivity index (χ1v) is 7.73. The molecule has 0 amide bonds. The highest BCUT2D eigenvalue weighted by Crippen LogP contribution is 2.30. The van der Waals surface area contributed by atoms with Gasteiger partial charge in [0.2, 0.25) is 17.6 Å². The predicted octanol–water partition coefficient (Wildman–Crippen LogP) is 2.44. The Balaban J connectivity index is 1.85. The summed E-state index contributed by atoms with van der Waals surface area (Å²) in [6.45, 7) is 1.05. The van der Waals surface area contributed by atoms with Gasteiger partial charge in [-0.2, -0.15) is 9.97 Å². The molecule has 2 heterocycles. The monoisotopic (exact) mass is 348 g/mol. The van der Waals surface area contributed by atoms with Gasteiger partial charge >= 0.3 is 5.69 Å². The molecule has 132 valence electrons. The van der Waals surface area contributed by atoms with Crippen molar-refractivity contribution in [2.45, 2.75) is 18.9 Å². The van der Waals surface area contributed by atoms with Crippen molar-refractivity contribution in [2.24, 2.45) is 0 Å². The summed E-state index contributed by atoms with van der Waals surface area (Å²) in [4.78, 5) is 18.6. The number of hydrogen-bond donors (Lipinski definition) is 3. The first-order chi connectivity index (χ1) is 12.0. The third-order valence-electron chi connectivity index (χ3n) is 3.70. The van der Waals surface area contributed by atoms with E-state index in [4.69, 9.17) is 10.5 Å². The van der Waals surface area contributed by atoms with Crippen LogP contribution in [0.4, 0.5) is 33.3 Å². The van der Waals surface area contributed by atoms with E-state index in [1.807, 2.05) is 0 Å². The van der Waals surface area contributed by atoms with Crippen LogP contribution in [0.15, 0.2) is 24.3 Å². The Hall–Kier alpha value is -3.01. The summed E-state index contributed by atoms with van der Waals surface area (Å²) in [5.41, 5.74) is 5.71. The normalized spacial score (nSPS) is 16.6. The fraction of sp³-hybridized carbons (Fsp3) is 0.333. The number of hydrogen-bond acceptors (Lipinski definition) is 8. The maximum atomic E-state index is 13.3. The summed E-state index contributed by atoms with van der Waals surface area (Å²) >= 11 is 0. The van der Waals surface area contributed by atoms with Gasteiger partial charge in [0.1, 0.15) is 5.82 Å². The summed E-state index contributed by atoms with van der Waals surface area (Å²) in [5, 5.41) is 16.9. The van der Waals surface area contributed by atoms with Gasteiger partial charge in [-0.05, 0) is 31.0 Å². The highest BCUT2D eigenvalue weighted by atomic mass is 19.1. The summed E-state index contributed by atoms with van der Waals surface area (Å²) in [6, 6.07) is 5.68. The predicted molar refractivity (Wildman–Crippen MR) is 90.2 cm³/mol. The second-order valence-corrected chi connectivity index (χ2v) is 5.54. The van der Waals surface area contributed by atoms with Gasteiger partial charge < -0.3 is 21.1 Å². The van der Waals surface area contributed by atoms with Crippen LogP contribution in [-0.4, -0.2) is 34.1 Å². The summed E-state index contributed by atoms with van der Waals surface area (Å²) in [5.74, 6) is -0.694. The van der Waals surface area contributed by atoms with E-state index in [0.29, 0.717) is 18.8 Å². The number of anilines is 4. The van der Waals surface area contributed by atoms with E-state index in [0.717, 1.165) is 12.8 Å². The van der Waals surface area contributed by atoms with Crippen LogP contribution in [0.1, 0.15) is 12.8 Å². The lowest BCUT2D eigenvalue weighted by molar-refractivity contribution is -0.383. The van der Waals surface area contributed by atoms with E-state index >= 15 is 0 Å². The van der Waals surface area contributed by atoms with Gasteiger partial charge in [0.15, 0.2) is 0 Å². The van der Waals surface area contributed by atoms with Gasteiger partial charge in [0, 0.05) is 18.8 Å². The Morgan fingerprint density at radius 2 is 2.28 bits per heavy atom. The van der Waals surface area contributed by atoms with Crippen LogP contribution in [0, 0.1) is 15.9 Å². The second kappa shape index (κ2) is 7.26. The average Bonchev–Trinajstić information content (AvgIpc) is 3.05. The second-order valence-electron chi connectivity index (χ2n) is 5.54. The number of ether oxygens (including phenoxy) is 1. The number of halogens is 1. The number of nitrogens with two attached hydrogens (primary N) is 1. The maximum absolute atomic E-state index is 13.3. The average molecular weight is 348 g/mol. The molecule has 0 bridgehead atoms. The molecule has 1 atom stereocenters. The standard InChI is InChI=1S/C15H17FN6O3/c16-9-3-1-4-10(7-9)19-15-20-13(17)12(22(23)24)14(21-15)18-8-11-5-2-6-25-11/h1,3-4,7,11H,2,5-6,8H2,(H4,17,18,19,20,21). The molecule has 1 fully saturated rings. The Morgan fingerprint density at radius 3 is 2.96 bits per heavy atom. The van der Waals surface area contributed by atoms with Crippen LogP contribution in [0.5, 0.6) is 0 Å². The van der Waals surface area contributed by atoms with E-state index in [9.17, 15) is 14.5 Å². The number of nitrogen functional groups attached to an aromatic ring is 1. The molecule has 1 aromatic carbocycles. The molecule has 4 N–H and O–H groups in total. The number of nitrogens with zero attached hydrogens (tertiary/aromatic N) is 3. The van der Waals surface area contributed by atoms with E-state index in [-0.39, 0.29) is 23.7 Å². The van der Waals surface area contributed by atoms with Gasteiger partial charge in [0.05, 0.1) is 11.0 Å². The third kappa shape index (κ3) is 4.10. The quantitative estimate of drug-likeness (QED) is 0.536. The Morgan fingerprint density at radius 1 is 1.44 bits per heavy atom. The molecule has 10 heteroatoms. The van der Waals surface area contributed by atoms with Crippen molar-refractivity contribution in [3.63, 3.8) is 0 Å². The summed E-state index contributed by atoms with van der Waals surface area (Å²) < 4.78 is 18.8. The van der Waals surface area contributed by atoms with Gasteiger partial charge in [0.25, 0.3) is 0 Å². The van der Waals surface area contributed by atoms with Crippen LogP contribution >= 0.6 is 0 Å². The van der Waals surface area contributed by atoms with Crippen LogP contribution < -0.4 is 16.4 Å². The fourth-order valence-electron chi connectivity index (χ4n) is 2.54. The Labute approximate surface area is 142 Å². The van der Waals surface area contributed by atoms with Crippen molar-refractivity contribution in [1.82, 2.24) is 9.97 Å². The van der Waals surface area contributed by atoms with Gasteiger partial charge in [-0.25, -0.2) is 4.39 Å². The number of nitro groups is 1. The lowest BCUT2D eigenvalue weighted by Gasteiger charge is -2.13. The fourth-order valence-corrected chi connectivity index (χ4v) is 2.54. The molecule has 1 saturated heterocycles. The minimum absolute atomic E-state index is 0.00750. The highest BCUT2D eigenvalue weighted by Gasteiger charge is 2.24. The van der Waals surface area contributed by atoms with E-state index < -0.39 is 16.4 Å². The largest absolute Gasteiger partial charge is 0.378 e. The van der Waals surface area contributed by atoms with Crippen LogP contribution in [0.3, 0.4) is 0 Å². The maximum Gasteiger partial charge on any atom is 0.353 e. The molecule has 0 aliphatic carbocycles. The molecule has 1 aromatic heterocycles. The highest BCUT2D eigenvalue weighted by molar-refractivity contribution is 5.71. The molecule has 9 nitrogen and oxygen atoms in total. The number of aromatic nitrogens is 2.